The van der Waals surface area contributed by atoms with Crippen LogP contribution in [-0.4, -0.2) is 4.98 Å². The van der Waals surface area contributed by atoms with Gasteiger partial charge in [0.1, 0.15) is 0 Å². The van der Waals surface area contributed by atoms with Crippen LogP contribution in [0.1, 0.15) is 68.0 Å². The number of pyridine rings is 1. The second-order valence-corrected chi connectivity index (χ2v) is 9.83. The van der Waals surface area contributed by atoms with Crippen molar-refractivity contribution in [3.8, 4) is 11.3 Å². The first-order valence-corrected chi connectivity index (χ1v) is 12.7. The van der Waals surface area contributed by atoms with E-state index in [-0.39, 0.29) is 79.3 Å². The summed E-state index contributed by atoms with van der Waals surface area (Å²) < 4.78 is 0. The van der Waals surface area contributed by atoms with Crippen LogP contribution in [0.2, 0.25) is 0 Å². The number of fused-ring (bicyclic) bond motifs is 1. The molecule has 200 valence electrons. The third kappa shape index (κ3) is 7.53. The third-order valence-electron chi connectivity index (χ3n) is 6.66. The summed E-state index contributed by atoms with van der Waals surface area (Å²) in [6.07, 6.45) is 0. The van der Waals surface area contributed by atoms with Crippen molar-refractivity contribution in [2.75, 3.05) is 0 Å². The molecule has 0 saturated heterocycles. The van der Waals surface area contributed by atoms with E-state index in [0.29, 0.717) is 11.8 Å². The van der Waals surface area contributed by atoms with Gasteiger partial charge in [-0.25, -0.2) is 0 Å². The van der Waals surface area contributed by atoms with Crippen LogP contribution in [0.3, 0.4) is 0 Å². The van der Waals surface area contributed by atoms with E-state index >= 15 is 0 Å². The molecule has 4 heteroatoms. The maximum Gasteiger partial charge on any atom is 0.0174 e. The van der Waals surface area contributed by atoms with Crippen molar-refractivity contribution >= 4 is 16.5 Å². The Hall–Kier alpha value is -1.72. The molecule has 2 nitrogen and oxygen atoms in total. The molecule has 1 heterocycles. The SMILES string of the molecule is CC(C)c1cccc(C(C)C)c1[N-]C(c1[c-]cccc1)c1cccc(-c2[c-]ccc3ccccc23)n1.[CH3-].[Gd].[Hf]. The molecule has 0 N–H and O–H groups in total. The number of para-hydroxylation sites is 1. The fraction of sp³-hybridized carbons (Fsp3) is 0.200. The smallest absolute Gasteiger partial charge is 0.0174 e. The van der Waals surface area contributed by atoms with E-state index in [9.17, 15) is 0 Å². The van der Waals surface area contributed by atoms with E-state index < -0.39 is 0 Å². The zero-order valence-corrected chi connectivity index (χ0v) is 29.1. The van der Waals surface area contributed by atoms with Gasteiger partial charge in [0.25, 0.3) is 0 Å². The molecule has 0 fully saturated rings. The quantitative estimate of drug-likeness (QED) is 0.119. The van der Waals surface area contributed by atoms with E-state index in [1.54, 1.807) is 0 Å². The van der Waals surface area contributed by atoms with Crippen LogP contribution in [0.15, 0.2) is 97.1 Å². The van der Waals surface area contributed by atoms with Crippen molar-refractivity contribution < 1.29 is 65.8 Å². The second-order valence-electron chi connectivity index (χ2n) is 9.83. The Morgan fingerprint density at radius 1 is 0.692 bits per heavy atom. The van der Waals surface area contributed by atoms with E-state index in [0.717, 1.165) is 33.6 Å². The van der Waals surface area contributed by atoms with Crippen LogP contribution >= 0.6 is 0 Å². The molecule has 0 bridgehead atoms. The topological polar surface area (TPSA) is 27.0 Å². The van der Waals surface area contributed by atoms with Gasteiger partial charge in [0, 0.05) is 71.5 Å². The maximum absolute atomic E-state index is 5.43. The van der Waals surface area contributed by atoms with Crippen molar-refractivity contribution in [2.24, 2.45) is 0 Å². The third-order valence-corrected chi connectivity index (χ3v) is 6.66. The first-order valence-electron chi connectivity index (χ1n) is 12.7. The minimum Gasteiger partial charge on any atom is -0.674 e. The van der Waals surface area contributed by atoms with Crippen LogP contribution in [0.5, 0.6) is 0 Å². The Balaban J connectivity index is 0.00000178. The zero-order valence-electron chi connectivity index (χ0n) is 23.2. The van der Waals surface area contributed by atoms with Gasteiger partial charge in [-0.2, -0.15) is 35.9 Å². The average molecular weight is 818 g/mol. The summed E-state index contributed by atoms with van der Waals surface area (Å²) >= 11 is 0. The number of aromatic nitrogens is 1. The van der Waals surface area contributed by atoms with Crippen molar-refractivity contribution in [1.29, 1.82) is 0 Å². The minimum absolute atomic E-state index is 0. The monoisotopic (exact) mass is 820 g/mol. The predicted molar refractivity (Wildman–Crippen MR) is 157 cm³/mol. The number of hydrogen-bond acceptors (Lipinski definition) is 1. The molecule has 0 amide bonds. The fourth-order valence-corrected chi connectivity index (χ4v) is 4.78. The maximum atomic E-state index is 5.43. The van der Waals surface area contributed by atoms with E-state index in [4.69, 9.17) is 10.3 Å². The van der Waals surface area contributed by atoms with Gasteiger partial charge in [-0.1, -0.05) is 105 Å². The normalized spacial score (nSPS) is 11.3. The fourth-order valence-electron chi connectivity index (χ4n) is 4.78. The van der Waals surface area contributed by atoms with Crippen molar-refractivity contribution in [1.82, 2.24) is 4.98 Å². The molecule has 5 aromatic rings. The summed E-state index contributed by atoms with van der Waals surface area (Å²) in [6.45, 7) is 8.93. The molecule has 0 radical (unpaired) electrons. The largest absolute Gasteiger partial charge is 0.674 e. The number of benzene rings is 4. The van der Waals surface area contributed by atoms with Gasteiger partial charge in [-0.3, -0.25) is 0 Å². The van der Waals surface area contributed by atoms with Crippen LogP contribution in [-0.2, 0) is 25.8 Å². The van der Waals surface area contributed by atoms with Gasteiger partial charge < -0.3 is 17.7 Å². The van der Waals surface area contributed by atoms with Gasteiger partial charge in [0.15, 0.2) is 0 Å². The van der Waals surface area contributed by atoms with Crippen molar-refractivity contribution in [3.05, 3.63) is 144 Å². The van der Waals surface area contributed by atoms with Crippen LogP contribution in [0, 0.1) is 59.5 Å². The molecule has 1 aromatic heterocycles. The van der Waals surface area contributed by atoms with E-state index in [2.05, 4.69) is 113 Å². The molecule has 4 aromatic carbocycles. The molecule has 1 atom stereocenters. The molecule has 39 heavy (non-hydrogen) atoms. The van der Waals surface area contributed by atoms with Gasteiger partial charge >= 0.3 is 0 Å². The Kier molecular flexibility index (Phi) is 13.2. The summed E-state index contributed by atoms with van der Waals surface area (Å²) in [5.41, 5.74) is 7.44. The molecular weight excluding hydrogens is 784 g/mol. The van der Waals surface area contributed by atoms with Gasteiger partial charge in [-0.15, -0.1) is 34.8 Å². The Bertz CT molecular complexity index is 1450. The minimum atomic E-state index is -0.265. The summed E-state index contributed by atoms with van der Waals surface area (Å²) in [4.78, 5) is 5.17. The summed E-state index contributed by atoms with van der Waals surface area (Å²) in [7, 11) is 0. The Morgan fingerprint density at radius 3 is 2.03 bits per heavy atom. The van der Waals surface area contributed by atoms with Gasteiger partial charge in [0.2, 0.25) is 0 Å². The number of rotatable bonds is 7. The van der Waals surface area contributed by atoms with Gasteiger partial charge in [-0.05, 0) is 23.6 Å². The number of hydrogen-bond donors (Lipinski definition) is 0. The number of nitrogens with zero attached hydrogens (tertiary/aromatic N) is 2. The molecule has 0 aliphatic rings. The first-order chi connectivity index (χ1) is 17.5. The van der Waals surface area contributed by atoms with E-state index in [1.165, 1.54) is 16.5 Å². The summed E-state index contributed by atoms with van der Waals surface area (Å²) in [5, 5.41) is 7.77. The van der Waals surface area contributed by atoms with Crippen molar-refractivity contribution in [3.63, 3.8) is 0 Å². The molecule has 5 rings (SSSR count). The van der Waals surface area contributed by atoms with Gasteiger partial charge in [0.05, 0.1) is 0 Å². The Labute approximate surface area is 285 Å². The second kappa shape index (κ2) is 15.3. The first kappa shape index (κ1) is 33.5. The molecular formula is C35H34GdHfN2-4. The summed E-state index contributed by atoms with van der Waals surface area (Å²) in [5.74, 6) is 0.736. The van der Waals surface area contributed by atoms with Crippen LogP contribution in [0.4, 0.5) is 5.69 Å². The average Bonchev–Trinajstić information content (AvgIpc) is 2.91. The Morgan fingerprint density at radius 2 is 1.36 bits per heavy atom. The molecule has 0 aliphatic heterocycles. The molecule has 0 aliphatic carbocycles. The van der Waals surface area contributed by atoms with E-state index in [1.807, 2.05) is 24.3 Å². The standard InChI is InChI=1S/C34H31N2.CH3.Gd.Hf/c1-23(2)27-18-11-19-28(24(3)4)34(27)36-33(26-14-6-5-7-15-26)32-22-12-21-31(35-32)30-20-10-16-25-13-8-9-17-29(25)30;;;/h5-14,16-19,21-24,33H,1-4H3;1H3;;/q-3;-1;;. The summed E-state index contributed by atoms with van der Waals surface area (Å²) in [6, 6.07) is 40.0. The van der Waals surface area contributed by atoms with Crippen molar-refractivity contribution in [2.45, 2.75) is 45.6 Å². The molecule has 0 saturated carbocycles. The molecule has 0 spiro atoms. The predicted octanol–water partition coefficient (Wildman–Crippen LogP) is 9.99. The van der Waals surface area contributed by atoms with Crippen LogP contribution < -0.4 is 0 Å². The zero-order chi connectivity index (χ0) is 25.1. The molecule has 1 unspecified atom stereocenters. The van der Waals surface area contributed by atoms with Crippen LogP contribution in [0.25, 0.3) is 27.3 Å².